The van der Waals surface area contributed by atoms with Gasteiger partial charge >= 0.3 is 0 Å². The van der Waals surface area contributed by atoms with Crippen LogP contribution in [0.25, 0.3) is 0 Å². The predicted molar refractivity (Wildman–Crippen MR) is 61.7 cm³/mol. The molecule has 1 aromatic carbocycles. The van der Waals surface area contributed by atoms with Gasteiger partial charge in [0.25, 0.3) is 0 Å². The zero-order valence-corrected chi connectivity index (χ0v) is 9.56. The second kappa shape index (κ2) is 6.06. The van der Waals surface area contributed by atoms with Gasteiger partial charge in [0.05, 0.1) is 6.61 Å². The lowest BCUT2D eigenvalue weighted by molar-refractivity contribution is 0.218. The van der Waals surface area contributed by atoms with Crippen molar-refractivity contribution < 1.29 is 4.74 Å². The zero-order chi connectivity index (χ0) is 10.4. The van der Waals surface area contributed by atoms with Crippen LogP contribution in [0.4, 0.5) is 0 Å². The highest BCUT2D eigenvalue weighted by Gasteiger charge is 2.01. The molecule has 0 aromatic heterocycles. The van der Waals surface area contributed by atoms with Gasteiger partial charge in [-0.25, -0.2) is 0 Å². The minimum atomic E-state index is 0.607. The van der Waals surface area contributed by atoms with Gasteiger partial charge in [-0.1, -0.05) is 12.1 Å². The molecule has 0 aliphatic heterocycles. The Balaban J connectivity index is 2.67. The highest BCUT2D eigenvalue weighted by molar-refractivity contribution is 7.99. The first-order valence-corrected chi connectivity index (χ1v) is 5.68. The molecule has 1 aromatic rings. The predicted octanol–water partition coefficient (Wildman–Crippen LogP) is 2.19. The molecule has 0 heterocycles. The van der Waals surface area contributed by atoms with Crippen molar-refractivity contribution in [2.75, 3.05) is 19.5 Å². The third-order valence-corrected chi connectivity index (χ3v) is 3.05. The van der Waals surface area contributed by atoms with Gasteiger partial charge in [0.15, 0.2) is 0 Å². The Bertz CT molecular complexity index is 289. The second-order valence-corrected chi connectivity index (χ2v) is 4.29. The molecule has 0 saturated carbocycles. The van der Waals surface area contributed by atoms with Crippen molar-refractivity contribution in [3.63, 3.8) is 0 Å². The molecule has 2 nitrogen and oxygen atoms in total. The molecule has 0 aliphatic carbocycles. The summed E-state index contributed by atoms with van der Waals surface area (Å²) in [6, 6.07) is 6.38. The average molecular weight is 211 g/mol. The summed E-state index contributed by atoms with van der Waals surface area (Å²) in [4.78, 5) is 1.28. The van der Waals surface area contributed by atoms with E-state index < -0.39 is 0 Å². The first-order valence-electron chi connectivity index (χ1n) is 4.69. The summed E-state index contributed by atoms with van der Waals surface area (Å²) in [5.41, 5.74) is 8.16. The van der Waals surface area contributed by atoms with Crippen molar-refractivity contribution >= 4 is 11.8 Å². The number of aryl methyl sites for hydroxylation is 1. The van der Waals surface area contributed by atoms with Crippen molar-refractivity contribution in [1.82, 2.24) is 0 Å². The molecule has 0 bridgehead atoms. The normalized spacial score (nSPS) is 10.5. The van der Waals surface area contributed by atoms with Crippen LogP contribution in [0.5, 0.6) is 0 Å². The van der Waals surface area contributed by atoms with E-state index in [2.05, 4.69) is 25.1 Å². The third-order valence-electron chi connectivity index (χ3n) is 1.99. The van der Waals surface area contributed by atoms with Crippen LogP contribution in [0, 0.1) is 6.92 Å². The number of thioether (sulfide) groups is 1. The molecule has 0 radical (unpaired) electrons. The van der Waals surface area contributed by atoms with E-state index in [-0.39, 0.29) is 0 Å². The fraction of sp³-hybridized carbons (Fsp3) is 0.455. The number of rotatable bonds is 5. The lowest BCUT2D eigenvalue weighted by atomic mass is 10.1. The summed E-state index contributed by atoms with van der Waals surface area (Å²) < 4.78 is 5.02. The van der Waals surface area contributed by atoms with E-state index in [0.717, 1.165) is 12.4 Å². The first-order chi connectivity index (χ1) is 6.77. The van der Waals surface area contributed by atoms with Gasteiger partial charge in [-0.3, -0.25) is 0 Å². The van der Waals surface area contributed by atoms with Crippen LogP contribution in [0.1, 0.15) is 11.1 Å². The molecular formula is C11H17NOS. The summed E-state index contributed by atoms with van der Waals surface area (Å²) in [6.45, 7) is 3.49. The summed E-state index contributed by atoms with van der Waals surface area (Å²) in [5, 5.41) is 0. The number of benzene rings is 1. The van der Waals surface area contributed by atoms with Crippen LogP contribution < -0.4 is 5.73 Å². The Labute approximate surface area is 89.8 Å². The Morgan fingerprint density at radius 2 is 2.21 bits per heavy atom. The second-order valence-electron chi connectivity index (χ2n) is 3.16. The highest BCUT2D eigenvalue weighted by atomic mass is 32.2. The lowest BCUT2D eigenvalue weighted by Gasteiger charge is -2.08. The Morgan fingerprint density at radius 1 is 1.43 bits per heavy atom. The molecule has 0 atom stereocenters. The summed E-state index contributed by atoms with van der Waals surface area (Å²) >= 11 is 1.81. The van der Waals surface area contributed by atoms with Crippen molar-refractivity contribution in [1.29, 1.82) is 0 Å². The average Bonchev–Trinajstić information content (AvgIpc) is 2.19. The lowest BCUT2D eigenvalue weighted by Crippen LogP contribution is -2.00. The van der Waals surface area contributed by atoms with Gasteiger partial charge in [-0.2, -0.15) is 0 Å². The van der Waals surface area contributed by atoms with Crippen LogP contribution >= 0.6 is 11.8 Å². The van der Waals surface area contributed by atoms with E-state index in [1.54, 1.807) is 18.9 Å². The third kappa shape index (κ3) is 3.33. The Morgan fingerprint density at radius 3 is 2.86 bits per heavy atom. The largest absolute Gasteiger partial charge is 0.384 e. The SMILES string of the molecule is COCCSc1cc(C)ccc1CN. The van der Waals surface area contributed by atoms with Crippen LogP contribution in [-0.4, -0.2) is 19.5 Å². The van der Waals surface area contributed by atoms with E-state index in [9.17, 15) is 0 Å². The Hall–Kier alpha value is -0.510. The summed E-state index contributed by atoms with van der Waals surface area (Å²) in [6.07, 6.45) is 0. The Kier molecular flexibility index (Phi) is 5.01. The monoisotopic (exact) mass is 211 g/mol. The van der Waals surface area contributed by atoms with Gasteiger partial charge < -0.3 is 10.5 Å². The van der Waals surface area contributed by atoms with Crippen molar-refractivity contribution in [3.8, 4) is 0 Å². The molecule has 0 unspecified atom stereocenters. The number of nitrogens with two attached hydrogens (primary N) is 1. The van der Waals surface area contributed by atoms with Crippen LogP contribution in [-0.2, 0) is 11.3 Å². The van der Waals surface area contributed by atoms with Crippen molar-refractivity contribution in [2.45, 2.75) is 18.4 Å². The van der Waals surface area contributed by atoms with Gasteiger partial charge in [-0.15, -0.1) is 11.8 Å². The van der Waals surface area contributed by atoms with E-state index in [1.165, 1.54) is 16.0 Å². The quantitative estimate of drug-likeness (QED) is 0.599. The zero-order valence-electron chi connectivity index (χ0n) is 8.75. The van der Waals surface area contributed by atoms with Gasteiger partial charge in [-0.05, 0) is 24.1 Å². The van der Waals surface area contributed by atoms with Crippen molar-refractivity contribution in [2.24, 2.45) is 5.73 Å². The summed E-state index contributed by atoms with van der Waals surface area (Å²) in [5.74, 6) is 0.979. The van der Waals surface area contributed by atoms with Crippen LogP contribution in [0.3, 0.4) is 0 Å². The maximum absolute atomic E-state index is 5.66. The molecule has 2 N–H and O–H groups in total. The topological polar surface area (TPSA) is 35.2 Å². The molecule has 14 heavy (non-hydrogen) atoms. The van der Waals surface area contributed by atoms with Gasteiger partial charge in [0.2, 0.25) is 0 Å². The highest BCUT2D eigenvalue weighted by Crippen LogP contribution is 2.23. The van der Waals surface area contributed by atoms with Gasteiger partial charge in [0.1, 0.15) is 0 Å². The van der Waals surface area contributed by atoms with Gasteiger partial charge in [0, 0.05) is 24.3 Å². The number of hydrogen-bond acceptors (Lipinski definition) is 3. The molecule has 0 fully saturated rings. The fourth-order valence-corrected chi connectivity index (χ4v) is 2.28. The number of ether oxygens (including phenoxy) is 1. The molecular weight excluding hydrogens is 194 g/mol. The maximum Gasteiger partial charge on any atom is 0.0556 e. The first kappa shape index (κ1) is 11.6. The molecule has 0 saturated heterocycles. The fourth-order valence-electron chi connectivity index (χ4n) is 1.20. The number of hydrogen-bond donors (Lipinski definition) is 1. The number of methoxy groups -OCH3 is 1. The molecule has 78 valence electrons. The van der Waals surface area contributed by atoms with Crippen molar-refractivity contribution in [3.05, 3.63) is 29.3 Å². The molecule has 1 rings (SSSR count). The van der Waals surface area contributed by atoms with Crippen LogP contribution in [0.15, 0.2) is 23.1 Å². The van der Waals surface area contributed by atoms with E-state index in [0.29, 0.717) is 6.54 Å². The molecule has 0 spiro atoms. The maximum atomic E-state index is 5.66. The smallest absolute Gasteiger partial charge is 0.0556 e. The van der Waals surface area contributed by atoms with E-state index >= 15 is 0 Å². The molecule has 3 heteroatoms. The summed E-state index contributed by atoms with van der Waals surface area (Å²) in [7, 11) is 1.72. The minimum absolute atomic E-state index is 0.607. The standard InChI is InChI=1S/C11H17NOS/c1-9-3-4-10(8-12)11(7-9)14-6-5-13-2/h3-4,7H,5-6,8,12H2,1-2H3. The molecule has 0 amide bonds. The minimum Gasteiger partial charge on any atom is -0.384 e. The van der Waals surface area contributed by atoms with E-state index in [1.807, 2.05) is 0 Å². The van der Waals surface area contributed by atoms with Crippen LogP contribution in [0.2, 0.25) is 0 Å². The molecule has 0 aliphatic rings. The van der Waals surface area contributed by atoms with E-state index in [4.69, 9.17) is 10.5 Å².